The van der Waals surface area contributed by atoms with E-state index in [-0.39, 0.29) is 12.4 Å². The summed E-state index contributed by atoms with van der Waals surface area (Å²) in [7, 11) is 0. The van der Waals surface area contributed by atoms with E-state index in [2.05, 4.69) is 6.92 Å². The number of unbranched alkanes of at least 4 members (excludes halogenated alkanes) is 1. The van der Waals surface area contributed by atoms with E-state index in [9.17, 15) is 4.79 Å². The smallest absolute Gasteiger partial charge is 0.310 e. The molecule has 0 aliphatic rings. The molecule has 0 saturated carbocycles. The summed E-state index contributed by atoms with van der Waals surface area (Å²) in [6.45, 7) is 7.35. The second-order valence-electron chi connectivity index (χ2n) is 3.12. The fourth-order valence-electron chi connectivity index (χ4n) is 1.06. The molecule has 0 rings (SSSR count). The molecule has 0 aliphatic heterocycles. The summed E-state index contributed by atoms with van der Waals surface area (Å²) < 4.78 is 15.5. The lowest BCUT2D eigenvalue weighted by molar-refractivity contribution is -0.168. The zero-order chi connectivity index (χ0) is 11.5. The van der Waals surface area contributed by atoms with Gasteiger partial charge in [-0.1, -0.05) is 13.3 Å². The lowest BCUT2D eigenvalue weighted by Crippen LogP contribution is -2.22. The second-order valence-corrected chi connectivity index (χ2v) is 3.12. The van der Waals surface area contributed by atoms with Crippen LogP contribution in [0.15, 0.2) is 0 Å². The number of ether oxygens (including phenoxy) is 3. The topological polar surface area (TPSA) is 44.8 Å². The van der Waals surface area contributed by atoms with E-state index < -0.39 is 6.29 Å². The molecule has 0 amide bonds. The molecule has 0 aliphatic carbocycles. The standard InChI is InChI=1S/C11H22O4/c1-4-7-8-15-10(12)9-11(13-5-2)14-6-3/h11H,4-9H2,1-3H3. The highest BCUT2D eigenvalue weighted by Crippen LogP contribution is 2.03. The van der Waals surface area contributed by atoms with Crippen LogP contribution in [-0.2, 0) is 19.0 Å². The van der Waals surface area contributed by atoms with Crippen LogP contribution in [0.2, 0.25) is 0 Å². The van der Waals surface area contributed by atoms with Gasteiger partial charge in [-0.2, -0.15) is 0 Å². The molecular formula is C11H22O4. The molecule has 0 heterocycles. The fourth-order valence-corrected chi connectivity index (χ4v) is 1.06. The minimum atomic E-state index is -0.464. The van der Waals surface area contributed by atoms with Crippen molar-refractivity contribution in [3.8, 4) is 0 Å². The third-order valence-electron chi connectivity index (χ3n) is 1.80. The van der Waals surface area contributed by atoms with Crippen LogP contribution in [-0.4, -0.2) is 32.1 Å². The minimum Gasteiger partial charge on any atom is -0.466 e. The van der Waals surface area contributed by atoms with Gasteiger partial charge in [0, 0.05) is 13.2 Å². The van der Waals surface area contributed by atoms with Crippen molar-refractivity contribution >= 4 is 5.97 Å². The molecule has 0 aromatic carbocycles. The number of rotatable bonds is 9. The molecule has 15 heavy (non-hydrogen) atoms. The van der Waals surface area contributed by atoms with Crippen molar-refractivity contribution in [2.45, 2.75) is 46.3 Å². The maximum atomic E-state index is 11.3. The van der Waals surface area contributed by atoms with Crippen LogP contribution in [0.3, 0.4) is 0 Å². The predicted molar refractivity (Wildman–Crippen MR) is 57.5 cm³/mol. The van der Waals surface area contributed by atoms with E-state index in [4.69, 9.17) is 14.2 Å². The summed E-state index contributed by atoms with van der Waals surface area (Å²) in [6.07, 6.45) is 1.63. The first-order valence-electron chi connectivity index (χ1n) is 5.63. The molecule has 0 saturated heterocycles. The Bertz CT molecular complexity index is 153. The molecule has 0 aromatic heterocycles. The molecule has 4 heteroatoms. The van der Waals surface area contributed by atoms with Crippen LogP contribution in [0, 0.1) is 0 Å². The Morgan fingerprint density at radius 3 is 2.20 bits per heavy atom. The molecule has 0 atom stereocenters. The van der Waals surface area contributed by atoms with Gasteiger partial charge in [-0.3, -0.25) is 4.79 Å². The first-order chi connectivity index (χ1) is 7.24. The Morgan fingerprint density at radius 2 is 1.73 bits per heavy atom. The average Bonchev–Trinajstić information content (AvgIpc) is 2.19. The fraction of sp³-hybridized carbons (Fsp3) is 0.909. The van der Waals surface area contributed by atoms with Crippen LogP contribution in [0.25, 0.3) is 0 Å². The molecule has 0 bridgehead atoms. The van der Waals surface area contributed by atoms with E-state index in [1.54, 1.807) is 0 Å². The normalized spacial score (nSPS) is 10.7. The maximum absolute atomic E-state index is 11.3. The van der Waals surface area contributed by atoms with Gasteiger partial charge in [0.15, 0.2) is 6.29 Å². The van der Waals surface area contributed by atoms with Gasteiger partial charge in [0.1, 0.15) is 0 Å². The summed E-state index contributed by atoms with van der Waals surface area (Å²) >= 11 is 0. The van der Waals surface area contributed by atoms with Crippen LogP contribution >= 0.6 is 0 Å². The average molecular weight is 218 g/mol. The summed E-state index contributed by atoms with van der Waals surface area (Å²) in [5.74, 6) is -0.254. The Labute approximate surface area is 91.9 Å². The van der Waals surface area contributed by atoms with Gasteiger partial charge in [-0.15, -0.1) is 0 Å². The van der Waals surface area contributed by atoms with Gasteiger partial charge in [0.05, 0.1) is 13.0 Å². The zero-order valence-corrected chi connectivity index (χ0v) is 9.95. The first-order valence-corrected chi connectivity index (χ1v) is 5.63. The molecule has 90 valence electrons. The molecule has 0 spiro atoms. The zero-order valence-electron chi connectivity index (χ0n) is 9.95. The van der Waals surface area contributed by atoms with Crippen molar-refractivity contribution in [3.63, 3.8) is 0 Å². The summed E-state index contributed by atoms with van der Waals surface area (Å²) in [5.41, 5.74) is 0. The lowest BCUT2D eigenvalue weighted by atomic mass is 10.3. The SMILES string of the molecule is CCCCOC(=O)CC(OCC)OCC. The number of hydrogen-bond acceptors (Lipinski definition) is 4. The van der Waals surface area contributed by atoms with E-state index in [1.165, 1.54) is 0 Å². The van der Waals surface area contributed by atoms with Crippen molar-refractivity contribution in [1.29, 1.82) is 0 Å². The molecule has 0 fully saturated rings. The van der Waals surface area contributed by atoms with Gasteiger partial charge in [-0.05, 0) is 20.3 Å². The third kappa shape index (κ3) is 8.39. The van der Waals surface area contributed by atoms with E-state index in [1.807, 2.05) is 13.8 Å². The van der Waals surface area contributed by atoms with Crippen LogP contribution < -0.4 is 0 Å². The Morgan fingerprint density at radius 1 is 1.13 bits per heavy atom. The van der Waals surface area contributed by atoms with E-state index in [0.717, 1.165) is 12.8 Å². The van der Waals surface area contributed by atoms with E-state index >= 15 is 0 Å². The van der Waals surface area contributed by atoms with Crippen LogP contribution in [0.4, 0.5) is 0 Å². The summed E-state index contributed by atoms with van der Waals surface area (Å²) in [6, 6.07) is 0. The highest BCUT2D eigenvalue weighted by molar-refractivity contribution is 5.69. The van der Waals surface area contributed by atoms with Crippen molar-refractivity contribution in [2.75, 3.05) is 19.8 Å². The van der Waals surface area contributed by atoms with E-state index in [0.29, 0.717) is 19.8 Å². The Kier molecular flexibility index (Phi) is 9.52. The highest BCUT2D eigenvalue weighted by Gasteiger charge is 2.14. The Hall–Kier alpha value is -0.610. The summed E-state index contributed by atoms with van der Waals surface area (Å²) in [5, 5.41) is 0. The van der Waals surface area contributed by atoms with Crippen molar-refractivity contribution in [3.05, 3.63) is 0 Å². The maximum Gasteiger partial charge on any atom is 0.310 e. The molecule has 0 aromatic rings. The lowest BCUT2D eigenvalue weighted by Gasteiger charge is -2.15. The van der Waals surface area contributed by atoms with Crippen LogP contribution in [0.1, 0.15) is 40.0 Å². The largest absolute Gasteiger partial charge is 0.466 e. The van der Waals surface area contributed by atoms with Gasteiger partial charge in [0.2, 0.25) is 0 Å². The minimum absolute atomic E-state index is 0.172. The number of esters is 1. The first kappa shape index (κ1) is 14.4. The van der Waals surface area contributed by atoms with Crippen molar-refractivity contribution in [1.82, 2.24) is 0 Å². The van der Waals surface area contributed by atoms with Gasteiger partial charge >= 0.3 is 5.97 Å². The number of carbonyl (C=O) groups is 1. The quantitative estimate of drug-likeness (QED) is 0.338. The van der Waals surface area contributed by atoms with Gasteiger partial charge in [-0.25, -0.2) is 0 Å². The Balaban J connectivity index is 3.67. The highest BCUT2D eigenvalue weighted by atomic mass is 16.7. The second kappa shape index (κ2) is 9.93. The monoisotopic (exact) mass is 218 g/mol. The number of carbonyl (C=O) groups excluding carboxylic acids is 1. The van der Waals surface area contributed by atoms with Crippen molar-refractivity contribution < 1.29 is 19.0 Å². The van der Waals surface area contributed by atoms with Gasteiger partial charge < -0.3 is 14.2 Å². The molecule has 4 nitrogen and oxygen atoms in total. The molecule has 0 N–H and O–H groups in total. The molecule has 0 radical (unpaired) electrons. The number of hydrogen-bond donors (Lipinski definition) is 0. The predicted octanol–water partition coefficient (Wildman–Crippen LogP) is 2.12. The summed E-state index contributed by atoms with van der Waals surface area (Å²) in [4.78, 5) is 11.3. The molecular weight excluding hydrogens is 196 g/mol. The third-order valence-corrected chi connectivity index (χ3v) is 1.80. The molecule has 0 unspecified atom stereocenters. The van der Waals surface area contributed by atoms with Crippen molar-refractivity contribution in [2.24, 2.45) is 0 Å². The van der Waals surface area contributed by atoms with Gasteiger partial charge in [0.25, 0.3) is 0 Å². The van der Waals surface area contributed by atoms with Crippen LogP contribution in [0.5, 0.6) is 0 Å².